The number of rotatable bonds is 7. The fraction of sp³-hybridized carbons (Fsp3) is 0.182. The number of hydrogen-bond acceptors (Lipinski definition) is 5. The minimum absolute atomic E-state index is 0.00405. The van der Waals surface area contributed by atoms with Crippen molar-refractivity contribution in [2.45, 2.75) is 31.7 Å². The summed E-state index contributed by atoms with van der Waals surface area (Å²) in [5, 5.41) is 22.7. The lowest BCUT2D eigenvalue weighted by Gasteiger charge is -2.26. The number of anilines is 1. The molecule has 1 N–H and O–H groups in total. The molecule has 3 aromatic carbocycles. The van der Waals surface area contributed by atoms with E-state index in [1.807, 2.05) is 48.5 Å². The highest BCUT2D eigenvalue weighted by Crippen LogP contribution is 2.45. The van der Waals surface area contributed by atoms with Crippen LogP contribution >= 0.6 is 35.1 Å². The van der Waals surface area contributed by atoms with Gasteiger partial charge in [0, 0.05) is 22.1 Å². The number of hydrogen-bond donors (Lipinski definition) is 1. The van der Waals surface area contributed by atoms with E-state index >= 15 is 0 Å². The molecule has 0 aromatic heterocycles. The third-order valence-electron chi connectivity index (χ3n) is 4.65. The number of non-ortho nitro benzene ring substituents is 1. The lowest BCUT2D eigenvalue weighted by Crippen LogP contribution is -2.15. The molecule has 0 bridgehead atoms. The van der Waals surface area contributed by atoms with E-state index < -0.39 is 4.92 Å². The van der Waals surface area contributed by atoms with Crippen LogP contribution in [0.15, 0.2) is 59.5 Å². The van der Waals surface area contributed by atoms with Crippen molar-refractivity contribution in [3.8, 4) is 5.75 Å². The molecule has 30 heavy (non-hydrogen) atoms. The van der Waals surface area contributed by atoms with E-state index in [2.05, 4.69) is 0 Å². The summed E-state index contributed by atoms with van der Waals surface area (Å²) in [5.41, 5.74) is 3.01. The number of nitro groups is 1. The van der Waals surface area contributed by atoms with Crippen molar-refractivity contribution in [1.29, 1.82) is 0 Å². The fourth-order valence-electron chi connectivity index (χ4n) is 2.99. The summed E-state index contributed by atoms with van der Waals surface area (Å²) in [6.07, 6.45) is 0.585. The van der Waals surface area contributed by atoms with E-state index in [0.29, 0.717) is 34.1 Å². The van der Waals surface area contributed by atoms with E-state index in [1.54, 1.807) is 12.1 Å². The molecule has 0 aliphatic heterocycles. The van der Waals surface area contributed by atoms with Crippen LogP contribution in [0.3, 0.4) is 0 Å². The van der Waals surface area contributed by atoms with Crippen LogP contribution in [-0.2, 0) is 13.0 Å². The van der Waals surface area contributed by atoms with Crippen LogP contribution < -0.4 is 4.31 Å². The van der Waals surface area contributed by atoms with Gasteiger partial charge in [-0.15, -0.1) is 0 Å². The number of nitro benzene ring substituents is 1. The molecule has 0 fully saturated rings. The quantitative estimate of drug-likeness (QED) is 0.228. The molecule has 0 spiro atoms. The molecule has 0 aliphatic rings. The highest BCUT2D eigenvalue weighted by Gasteiger charge is 2.22. The first-order valence-electron chi connectivity index (χ1n) is 9.26. The molecule has 5 nitrogen and oxygen atoms in total. The minimum Gasteiger partial charge on any atom is -0.504 e. The molecular weight excluding hydrogens is 443 g/mol. The first-order valence-corrected chi connectivity index (χ1v) is 10.8. The first-order chi connectivity index (χ1) is 14.3. The summed E-state index contributed by atoms with van der Waals surface area (Å²) in [6.45, 7) is 4.22. The molecule has 3 aromatic rings. The Hall–Kier alpha value is -2.41. The van der Waals surface area contributed by atoms with Crippen LogP contribution in [-0.4, -0.2) is 10.0 Å². The van der Waals surface area contributed by atoms with Crippen molar-refractivity contribution in [3.63, 3.8) is 0 Å². The normalized spacial score (nSPS) is 10.8. The Morgan fingerprint density at radius 2 is 1.83 bits per heavy atom. The third kappa shape index (κ3) is 4.83. The third-order valence-corrected chi connectivity index (χ3v) is 6.58. The average Bonchev–Trinajstić information content (AvgIpc) is 2.72. The van der Waals surface area contributed by atoms with Crippen molar-refractivity contribution in [3.05, 3.63) is 91.4 Å². The fourth-order valence-corrected chi connectivity index (χ4v) is 4.77. The molecule has 0 saturated heterocycles. The van der Waals surface area contributed by atoms with Gasteiger partial charge >= 0.3 is 0 Å². The van der Waals surface area contributed by atoms with Crippen LogP contribution in [0.2, 0.25) is 10.0 Å². The van der Waals surface area contributed by atoms with E-state index in [9.17, 15) is 15.2 Å². The number of halogens is 2. The first kappa shape index (κ1) is 22.3. The molecular formula is C22H20Cl2N2O3S. The lowest BCUT2D eigenvalue weighted by atomic mass is 10.1. The van der Waals surface area contributed by atoms with Gasteiger partial charge in [-0.2, -0.15) is 0 Å². The van der Waals surface area contributed by atoms with E-state index in [0.717, 1.165) is 11.1 Å². The van der Waals surface area contributed by atoms with Gasteiger partial charge in [-0.05, 0) is 48.0 Å². The van der Waals surface area contributed by atoms with Crippen molar-refractivity contribution in [2.24, 2.45) is 0 Å². The second-order valence-electron chi connectivity index (χ2n) is 6.69. The Morgan fingerprint density at radius 1 is 1.13 bits per heavy atom. The Kier molecular flexibility index (Phi) is 7.13. The number of aromatic hydroxyl groups is 1. The Bertz CT molecular complexity index is 1080. The van der Waals surface area contributed by atoms with Gasteiger partial charge in [0.1, 0.15) is 0 Å². The number of benzene rings is 3. The summed E-state index contributed by atoms with van der Waals surface area (Å²) >= 11 is 14.1. The molecule has 0 saturated carbocycles. The largest absolute Gasteiger partial charge is 0.504 e. The van der Waals surface area contributed by atoms with Crippen molar-refractivity contribution >= 4 is 46.5 Å². The molecule has 0 atom stereocenters. The van der Waals surface area contributed by atoms with Crippen LogP contribution in [0.4, 0.5) is 11.4 Å². The standard InChI is InChI=1S/C22H20Cl2N2O3S/c1-3-17-18(23)12-19(22(27)21(17)24)25(13-15-7-5-4-6-8-15)30-20-11-16(26(28)29)10-9-14(20)2/h4-12,27H,3,13H2,1-2H3. The van der Waals surface area contributed by atoms with Gasteiger partial charge in [0.25, 0.3) is 5.69 Å². The topological polar surface area (TPSA) is 66.6 Å². The molecule has 156 valence electrons. The number of phenols is 1. The van der Waals surface area contributed by atoms with Gasteiger partial charge in [0.2, 0.25) is 0 Å². The SMILES string of the molecule is CCc1c(Cl)cc(N(Cc2ccccc2)Sc2cc([N+](=O)[O-])ccc2C)c(O)c1Cl. The maximum Gasteiger partial charge on any atom is 0.270 e. The van der Waals surface area contributed by atoms with E-state index in [-0.39, 0.29) is 16.5 Å². The van der Waals surface area contributed by atoms with Gasteiger partial charge in [0.15, 0.2) is 5.75 Å². The van der Waals surface area contributed by atoms with E-state index in [1.165, 1.54) is 24.1 Å². The van der Waals surface area contributed by atoms with Gasteiger partial charge in [-0.3, -0.25) is 10.1 Å². The molecule has 0 heterocycles. The van der Waals surface area contributed by atoms with Crippen LogP contribution in [0.25, 0.3) is 0 Å². The van der Waals surface area contributed by atoms with Crippen molar-refractivity contribution < 1.29 is 10.0 Å². The highest BCUT2D eigenvalue weighted by molar-refractivity contribution is 8.00. The van der Waals surface area contributed by atoms with Crippen LogP contribution in [0.5, 0.6) is 5.75 Å². The van der Waals surface area contributed by atoms with Crippen molar-refractivity contribution in [2.75, 3.05) is 4.31 Å². The second-order valence-corrected chi connectivity index (χ2v) is 8.54. The predicted octanol–water partition coefficient (Wildman–Crippen LogP) is 7.19. The summed E-state index contributed by atoms with van der Waals surface area (Å²) < 4.78 is 1.84. The summed E-state index contributed by atoms with van der Waals surface area (Å²) in [7, 11) is 0. The summed E-state index contributed by atoms with van der Waals surface area (Å²) in [5.74, 6) is -0.0653. The van der Waals surface area contributed by atoms with Gasteiger partial charge in [-0.1, -0.05) is 66.5 Å². The molecule has 3 rings (SSSR count). The van der Waals surface area contributed by atoms with Crippen molar-refractivity contribution in [1.82, 2.24) is 0 Å². The summed E-state index contributed by atoms with van der Waals surface area (Å²) in [6, 6.07) is 16.1. The average molecular weight is 463 g/mol. The maximum atomic E-state index is 11.2. The predicted molar refractivity (Wildman–Crippen MR) is 124 cm³/mol. The zero-order valence-corrected chi connectivity index (χ0v) is 18.8. The van der Waals surface area contributed by atoms with Gasteiger partial charge < -0.3 is 9.41 Å². The number of nitrogens with zero attached hydrogens (tertiary/aromatic N) is 2. The molecule has 0 aliphatic carbocycles. The maximum absolute atomic E-state index is 11.2. The highest BCUT2D eigenvalue weighted by atomic mass is 35.5. The zero-order chi connectivity index (χ0) is 21.8. The smallest absolute Gasteiger partial charge is 0.270 e. The number of phenolic OH excluding ortho intramolecular Hbond substituents is 1. The van der Waals surface area contributed by atoms with Gasteiger partial charge in [-0.25, -0.2) is 0 Å². The monoisotopic (exact) mass is 462 g/mol. The molecule has 0 unspecified atom stereocenters. The van der Waals surface area contributed by atoms with E-state index in [4.69, 9.17) is 23.2 Å². The molecule has 0 amide bonds. The summed E-state index contributed by atoms with van der Waals surface area (Å²) in [4.78, 5) is 11.5. The number of aryl methyl sites for hydroxylation is 1. The Labute approximate surface area is 189 Å². The Balaban J connectivity index is 2.09. The van der Waals surface area contributed by atoms with Crippen LogP contribution in [0, 0.1) is 17.0 Å². The zero-order valence-electron chi connectivity index (χ0n) is 16.4. The van der Waals surface area contributed by atoms with Crippen LogP contribution in [0.1, 0.15) is 23.6 Å². The molecule has 8 heteroatoms. The van der Waals surface area contributed by atoms with Gasteiger partial charge in [0.05, 0.1) is 22.2 Å². The molecule has 0 radical (unpaired) electrons. The lowest BCUT2D eigenvalue weighted by molar-refractivity contribution is -0.385. The Morgan fingerprint density at radius 3 is 2.47 bits per heavy atom. The minimum atomic E-state index is -0.424. The second kappa shape index (κ2) is 9.60.